The van der Waals surface area contributed by atoms with Gasteiger partial charge < -0.3 is 20.7 Å². The molecule has 6 heteroatoms. The number of amides is 3. The molecule has 3 rings (SSSR count). The average molecular weight is 353 g/mol. The number of urea groups is 1. The standard InChI is InChI=1S/C20H23N3O3/c1-14-12-23(13-18(26-14)15-7-3-2-4-8-15)20(25)22-17-10-6-5-9-16(17)11-19(21)24/h2-10,14,18H,11-13H2,1H3,(H2,21,24)(H,22,25). The summed E-state index contributed by atoms with van der Waals surface area (Å²) in [7, 11) is 0. The minimum Gasteiger partial charge on any atom is -0.369 e. The van der Waals surface area contributed by atoms with Gasteiger partial charge in [0.1, 0.15) is 6.10 Å². The van der Waals surface area contributed by atoms with Crippen molar-refractivity contribution in [1.29, 1.82) is 0 Å². The van der Waals surface area contributed by atoms with Crippen LogP contribution in [-0.4, -0.2) is 36.0 Å². The molecule has 136 valence electrons. The number of primary amides is 1. The van der Waals surface area contributed by atoms with Gasteiger partial charge in [0.25, 0.3) is 0 Å². The lowest BCUT2D eigenvalue weighted by molar-refractivity contribution is -0.117. The lowest BCUT2D eigenvalue weighted by Crippen LogP contribution is -2.47. The highest BCUT2D eigenvalue weighted by atomic mass is 16.5. The van der Waals surface area contributed by atoms with E-state index in [1.807, 2.05) is 49.4 Å². The van der Waals surface area contributed by atoms with Crippen molar-refractivity contribution >= 4 is 17.6 Å². The first-order valence-corrected chi connectivity index (χ1v) is 8.65. The van der Waals surface area contributed by atoms with Crippen molar-refractivity contribution in [2.24, 2.45) is 5.73 Å². The maximum Gasteiger partial charge on any atom is 0.322 e. The van der Waals surface area contributed by atoms with E-state index >= 15 is 0 Å². The third-order valence-electron chi connectivity index (χ3n) is 4.34. The van der Waals surface area contributed by atoms with Gasteiger partial charge in [-0.3, -0.25) is 4.79 Å². The summed E-state index contributed by atoms with van der Waals surface area (Å²) in [5.74, 6) is -0.434. The highest BCUT2D eigenvalue weighted by Crippen LogP contribution is 2.26. The van der Waals surface area contributed by atoms with Crippen LogP contribution < -0.4 is 11.1 Å². The van der Waals surface area contributed by atoms with E-state index in [0.717, 1.165) is 5.56 Å². The van der Waals surface area contributed by atoms with Crippen molar-refractivity contribution < 1.29 is 14.3 Å². The molecule has 0 spiro atoms. The van der Waals surface area contributed by atoms with Gasteiger partial charge in [0.15, 0.2) is 0 Å². The number of ether oxygens (including phenoxy) is 1. The van der Waals surface area contributed by atoms with Crippen molar-refractivity contribution in [2.45, 2.75) is 25.6 Å². The van der Waals surface area contributed by atoms with Crippen LogP contribution in [0.5, 0.6) is 0 Å². The van der Waals surface area contributed by atoms with Gasteiger partial charge in [0.2, 0.25) is 5.91 Å². The van der Waals surface area contributed by atoms with Gasteiger partial charge in [-0.25, -0.2) is 4.79 Å². The zero-order valence-corrected chi connectivity index (χ0v) is 14.7. The van der Waals surface area contributed by atoms with Crippen LogP contribution in [0.2, 0.25) is 0 Å². The Morgan fingerprint density at radius 1 is 1.12 bits per heavy atom. The smallest absolute Gasteiger partial charge is 0.322 e. The molecule has 2 aromatic carbocycles. The first-order valence-electron chi connectivity index (χ1n) is 8.65. The highest BCUT2D eigenvalue weighted by molar-refractivity contribution is 5.91. The summed E-state index contributed by atoms with van der Waals surface area (Å²) in [6.45, 7) is 2.93. The molecule has 1 aliphatic heterocycles. The number of rotatable bonds is 4. The Balaban J connectivity index is 1.72. The van der Waals surface area contributed by atoms with E-state index in [1.165, 1.54) is 0 Å². The summed E-state index contributed by atoms with van der Waals surface area (Å²) in [6, 6.07) is 16.9. The molecule has 1 fully saturated rings. The molecule has 3 amide bonds. The number of anilines is 1. The molecule has 2 unspecified atom stereocenters. The summed E-state index contributed by atoms with van der Waals surface area (Å²) in [5, 5.41) is 2.90. The fourth-order valence-corrected chi connectivity index (χ4v) is 3.15. The topological polar surface area (TPSA) is 84.7 Å². The average Bonchev–Trinajstić information content (AvgIpc) is 2.63. The molecular weight excluding hydrogens is 330 g/mol. The zero-order chi connectivity index (χ0) is 18.5. The molecule has 2 atom stereocenters. The molecule has 0 bridgehead atoms. The van der Waals surface area contributed by atoms with E-state index in [1.54, 1.807) is 17.0 Å². The quantitative estimate of drug-likeness (QED) is 0.886. The lowest BCUT2D eigenvalue weighted by atomic mass is 10.1. The fourth-order valence-electron chi connectivity index (χ4n) is 3.15. The molecule has 0 saturated carbocycles. The van der Waals surface area contributed by atoms with E-state index < -0.39 is 5.91 Å². The number of carbonyl (C=O) groups is 2. The third kappa shape index (κ3) is 4.40. The lowest BCUT2D eigenvalue weighted by Gasteiger charge is -2.37. The van der Waals surface area contributed by atoms with E-state index in [-0.39, 0.29) is 24.7 Å². The Morgan fingerprint density at radius 2 is 1.81 bits per heavy atom. The largest absolute Gasteiger partial charge is 0.369 e. The Hall–Kier alpha value is -2.86. The summed E-state index contributed by atoms with van der Waals surface area (Å²) < 4.78 is 6.00. The number of morpholine rings is 1. The predicted octanol–water partition coefficient (Wildman–Crippen LogP) is 2.71. The molecule has 1 heterocycles. The molecule has 0 aliphatic carbocycles. The van der Waals surface area contributed by atoms with Gasteiger partial charge in [-0.15, -0.1) is 0 Å². The second-order valence-electron chi connectivity index (χ2n) is 6.48. The number of nitrogens with two attached hydrogens (primary N) is 1. The fraction of sp³-hybridized carbons (Fsp3) is 0.300. The Morgan fingerprint density at radius 3 is 2.54 bits per heavy atom. The SMILES string of the molecule is CC1CN(C(=O)Nc2ccccc2CC(N)=O)CC(c2ccccc2)O1. The van der Waals surface area contributed by atoms with Gasteiger partial charge >= 0.3 is 6.03 Å². The molecule has 0 radical (unpaired) electrons. The van der Waals surface area contributed by atoms with Gasteiger partial charge in [-0.05, 0) is 24.1 Å². The maximum absolute atomic E-state index is 12.8. The van der Waals surface area contributed by atoms with Crippen LogP contribution in [0.15, 0.2) is 54.6 Å². The van der Waals surface area contributed by atoms with E-state index in [2.05, 4.69) is 5.32 Å². The van der Waals surface area contributed by atoms with E-state index in [4.69, 9.17) is 10.5 Å². The Labute approximate surface area is 152 Å². The molecule has 3 N–H and O–H groups in total. The highest BCUT2D eigenvalue weighted by Gasteiger charge is 2.29. The predicted molar refractivity (Wildman–Crippen MR) is 99.7 cm³/mol. The molecule has 1 aliphatic rings. The number of para-hydroxylation sites is 1. The second-order valence-corrected chi connectivity index (χ2v) is 6.48. The Bertz CT molecular complexity index is 779. The summed E-state index contributed by atoms with van der Waals surface area (Å²) in [5.41, 5.74) is 7.64. The van der Waals surface area contributed by atoms with Crippen LogP contribution >= 0.6 is 0 Å². The number of nitrogens with zero attached hydrogens (tertiary/aromatic N) is 1. The number of nitrogens with one attached hydrogen (secondary N) is 1. The minimum absolute atomic E-state index is 0.0689. The summed E-state index contributed by atoms with van der Waals surface area (Å²) in [6.07, 6.45) is -0.144. The number of benzene rings is 2. The van der Waals surface area contributed by atoms with E-state index in [9.17, 15) is 9.59 Å². The van der Waals surface area contributed by atoms with Crippen LogP contribution in [-0.2, 0) is 16.0 Å². The van der Waals surface area contributed by atoms with Crippen molar-refractivity contribution in [3.05, 3.63) is 65.7 Å². The number of hydrogen-bond donors (Lipinski definition) is 2. The molecule has 26 heavy (non-hydrogen) atoms. The monoisotopic (exact) mass is 353 g/mol. The first-order chi connectivity index (χ1) is 12.5. The molecule has 0 aromatic heterocycles. The second kappa shape index (κ2) is 8.01. The van der Waals surface area contributed by atoms with Crippen molar-refractivity contribution in [2.75, 3.05) is 18.4 Å². The Kier molecular flexibility index (Phi) is 5.53. The van der Waals surface area contributed by atoms with Crippen molar-refractivity contribution in [3.8, 4) is 0 Å². The number of carbonyl (C=O) groups excluding carboxylic acids is 2. The van der Waals surface area contributed by atoms with Crippen LogP contribution in [0.4, 0.5) is 10.5 Å². The minimum atomic E-state index is -0.434. The molecule has 6 nitrogen and oxygen atoms in total. The van der Waals surface area contributed by atoms with Crippen LogP contribution in [0, 0.1) is 0 Å². The summed E-state index contributed by atoms with van der Waals surface area (Å²) in [4.78, 5) is 25.7. The molecule has 1 saturated heterocycles. The van der Waals surface area contributed by atoms with Gasteiger partial charge in [0, 0.05) is 12.2 Å². The summed E-state index contributed by atoms with van der Waals surface area (Å²) >= 11 is 0. The zero-order valence-electron chi connectivity index (χ0n) is 14.7. The van der Waals surface area contributed by atoms with Crippen molar-refractivity contribution in [1.82, 2.24) is 4.90 Å². The van der Waals surface area contributed by atoms with E-state index in [0.29, 0.717) is 24.3 Å². The normalized spacial score (nSPS) is 19.8. The molecular formula is C20H23N3O3. The van der Waals surface area contributed by atoms with Crippen molar-refractivity contribution in [3.63, 3.8) is 0 Å². The van der Waals surface area contributed by atoms with Crippen LogP contribution in [0.25, 0.3) is 0 Å². The van der Waals surface area contributed by atoms with Crippen LogP contribution in [0.1, 0.15) is 24.2 Å². The van der Waals surface area contributed by atoms with Gasteiger partial charge in [-0.1, -0.05) is 48.5 Å². The third-order valence-corrected chi connectivity index (χ3v) is 4.34. The van der Waals surface area contributed by atoms with Crippen LogP contribution in [0.3, 0.4) is 0 Å². The van der Waals surface area contributed by atoms with Gasteiger partial charge in [0.05, 0.1) is 19.1 Å². The maximum atomic E-state index is 12.8. The van der Waals surface area contributed by atoms with Gasteiger partial charge in [-0.2, -0.15) is 0 Å². The number of hydrogen-bond acceptors (Lipinski definition) is 3. The molecule has 2 aromatic rings. The first kappa shape index (κ1) is 17.9.